The molecule has 0 atom stereocenters. The number of aryl methyl sites for hydroxylation is 1. The predicted molar refractivity (Wildman–Crippen MR) is 109 cm³/mol. The zero-order valence-electron chi connectivity index (χ0n) is 16.6. The highest BCUT2D eigenvalue weighted by molar-refractivity contribution is 5.94. The topological polar surface area (TPSA) is 74.6 Å². The minimum absolute atomic E-state index is 0.00241. The third kappa shape index (κ3) is 15.2. The van der Waals surface area contributed by atoms with Crippen molar-refractivity contribution in [2.24, 2.45) is 5.92 Å². The maximum atomic E-state index is 10.5. The molecule has 0 saturated carbocycles. The first kappa shape index (κ1) is 25.9. The van der Waals surface area contributed by atoms with Crippen LogP contribution in [0.3, 0.4) is 0 Å². The van der Waals surface area contributed by atoms with Crippen molar-refractivity contribution in [2.45, 2.75) is 59.8 Å². The van der Waals surface area contributed by atoms with Crippen LogP contribution in [0.4, 0.5) is 0 Å². The molecule has 0 spiro atoms. The van der Waals surface area contributed by atoms with Gasteiger partial charge in [-0.05, 0) is 55.9 Å². The summed E-state index contributed by atoms with van der Waals surface area (Å²) in [7, 11) is 0. The Kier molecular flexibility index (Phi) is 16.0. The lowest BCUT2D eigenvalue weighted by Gasteiger charge is -1.99. The molecule has 4 nitrogen and oxygen atoms in total. The van der Waals surface area contributed by atoms with Crippen LogP contribution in [0.2, 0.25) is 0 Å². The molecule has 0 fully saturated rings. The molecule has 4 heteroatoms. The highest BCUT2D eigenvalue weighted by atomic mass is 16.4. The Morgan fingerprint density at radius 2 is 1.46 bits per heavy atom. The second kappa shape index (κ2) is 16.1. The van der Waals surface area contributed by atoms with E-state index in [2.05, 4.69) is 33.9 Å². The molecule has 146 valence electrons. The Labute approximate surface area is 158 Å². The lowest BCUT2D eigenvalue weighted by molar-refractivity contribution is 0.0696. The van der Waals surface area contributed by atoms with Gasteiger partial charge in [0, 0.05) is 0 Å². The molecule has 1 aromatic rings. The van der Waals surface area contributed by atoms with Gasteiger partial charge in [0.05, 0.1) is 11.1 Å². The fourth-order valence-corrected chi connectivity index (χ4v) is 1.83. The highest BCUT2D eigenvalue weighted by Crippen LogP contribution is 2.09. The number of carboxylic acids is 2. The van der Waals surface area contributed by atoms with Gasteiger partial charge in [0.1, 0.15) is 0 Å². The molecular weight excluding hydrogens is 328 g/mol. The molecule has 0 amide bonds. The van der Waals surface area contributed by atoms with E-state index < -0.39 is 11.9 Å². The van der Waals surface area contributed by atoms with Gasteiger partial charge in [-0.15, -0.1) is 13.2 Å². The van der Waals surface area contributed by atoms with Gasteiger partial charge in [-0.2, -0.15) is 0 Å². The van der Waals surface area contributed by atoms with E-state index in [-0.39, 0.29) is 11.1 Å². The van der Waals surface area contributed by atoms with Crippen LogP contribution in [0, 0.1) is 12.8 Å². The van der Waals surface area contributed by atoms with Crippen LogP contribution in [-0.2, 0) is 0 Å². The predicted octanol–water partition coefficient (Wildman–Crippen LogP) is 6.36. The maximum absolute atomic E-state index is 10.5. The Bertz CT molecular complexity index is 527. The number of unbranched alkanes of at least 4 members (excludes halogenated alkanes) is 2. The van der Waals surface area contributed by atoms with E-state index in [0.29, 0.717) is 5.56 Å². The minimum Gasteiger partial charge on any atom is -0.478 e. The average Bonchev–Trinajstić information content (AvgIpc) is 2.58. The molecule has 0 unspecified atom stereocenters. The smallest absolute Gasteiger partial charge is 0.335 e. The first-order valence-electron chi connectivity index (χ1n) is 8.99. The van der Waals surface area contributed by atoms with Gasteiger partial charge < -0.3 is 10.2 Å². The zero-order chi connectivity index (χ0) is 20.5. The summed E-state index contributed by atoms with van der Waals surface area (Å²) in [6.07, 6.45) is 10.1. The molecule has 1 aromatic carbocycles. The largest absolute Gasteiger partial charge is 0.478 e. The van der Waals surface area contributed by atoms with E-state index in [9.17, 15) is 9.59 Å². The van der Waals surface area contributed by atoms with Gasteiger partial charge in [0.15, 0.2) is 0 Å². The van der Waals surface area contributed by atoms with Crippen molar-refractivity contribution in [1.29, 1.82) is 0 Å². The molecule has 1 rings (SSSR count). The third-order valence-corrected chi connectivity index (χ3v) is 3.28. The second-order valence-electron chi connectivity index (χ2n) is 6.39. The van der Waals surface area contributed by atoms with Gasteiger partial charge >= 0.3 is 11.9 Å². The molecule has 0 heterocycles. The lowest BCUT2D eigenvalue weighted by Crippen LogP contribution is -2.02. The Hall–Kier alpha value is -2.36. The lowest BCUT2D eigenvalue weighted by atomic mass is 10.1. The molecule has 0 saturated heterocycles. The van der Waals surface area contributed by atoms with Gasteiger partial charge in [-0.1, -0.05) is 45.8 Å². The average molecular weight is 363 g/mol. The van der Waals surface area contributed by atoms with Crippen LogP contribution in [0.1, 0.15) is 79.2 Å². The van der Waals surface area contributed by atoms with Crippen LogP contribution < -0.4 is 0 Å². The number of carbonyl (C=O) groups is 2. The standard InChI is InChI=1S/C9H8O4.C7H14.C6H12/c1-5-2-6(8(10)11)4-7(3-5)9(12)13;1-4-5-6-7(2)3;1-3-5-6-4-2/h2-4H,1H3,(H,10,11)(H,12,13);4,7H,1,5-6H2,2-3H3;3H,1,4-6H2,2H3. The van der Waals surface area contributed by atoms with Crippen LogP contribution in [0.5, 0.6) is 0 Å². The molecule has 0 aromatic heterocycles. The summed E-state index contributed by atoms with van der Waals surface area (Å²) in [6.45, 7) is 15.5. The van der Waals surface area contributed by atoms with E-state index in [0.717, 1.165) is 18.4 Å². The molecule has 0 bridgehead atoms. The summed E-state index contributed by atoms with van der Waals surface area (Å²) in [5.41, 5.74) is 0.618. The summed E-state index contributed by atoms with van der Waals surface area (Å²) >= 11 is 0. The van der Waals surface area contributed by atoms with Crippen LogP contribution in [0.25, 0.3) is 0 Å². The quantitative estimate of drug-likeness (QED) is 0.416. The van der Waals surface area contributed by atoms with E-state index in [4.69, 9.17) is 10.2 Å². The number of aromatic carboxylic acids is 2. The first-order valence-corrected chi connectivity index (χ1v) is 8.99. The molecule has 26 heavy (non-hydrogen) atoms. The highest BCUT2D eigenvalue weighted by Gasteiger charge is 2.09. The minimum atomic E-state index is -1.12. The molecule has 0 aliphatic rings. The first-order chi connectivity index (χ1) is 12.2. The number of hydrogen-bond acceptors (Lipinski definition) is 2. The monoisotopic (exact) mass is 362 g/mol. The maximum Gasteiger partial charge on any atom is 0.335 e. The summed E-state index contributed by atoms with van der Waals surface area (Å²) in [4.78, 5) is 21.1. The van der Waals surface area contributed by atoms with Crippen molar-refractivity contribution < 1.29 is 19.8 Å². The Morgan fingerprint density at radius 3 is 1.69 bits per heavy atom. The summed E-state index contributed by atoms with van der Waals surface area (Å²) in [6, 6.07) is 3.99. The van der Waals surface area contributed by atoms with Crippen LogP contribution in [0.15, 0.2) is 43.5 Å². The Morgan fingerprint density at radius 1 is 1.00 bits per heavy atom. The van der Waals surface area contributed by atoms with E-state index in [1.807, 2.05) is 12.2 Å². The van der Waals surface area contributed by atoms with Crippen molar-refractivity contribution >= 4 is 11.9 Å². The summed E-state index contributed by atoms with van der Waals surface area (Å²) in [5.74, 6) is -1.41. The fraction of sp³-hybridized carbons (Fsp3) is 0.455. The molecule has 0 aliphatic heterocycles. The van der Waals surface area contributed by atoms with E-state index >= 15 is 0 Å². The molecule has 2 N–H and O–H groups in total. The SMILES string of the molecule is C=CCCC(C)C.C=CCCCC.Cc1cc(C(=O)O)cc(C(=O)O)c1. The van der Waals surface area contributed by atoms with Gasteiger partial charge in [-0.25, -0.2) is 9.59 Å². The van der Waals surface area contributed by atoms with Gasteiger partial charge in [0.2, 0.25) is 0 Å². The zero-order valence-corrected chi connectivity index (χ0v) is 16.6. The van der Waals surface area contributed by atoms with Gasteiger partial charge in [0.25, 0.3) is 0 Å². The van der Waals surface area contributed by atoms with Crippen molar-refractivity contribution in [2.75, 3.05) is 0 Å². The summed E-state index contributed by atoms with van der Waals surface area (Å²) < 4.78 is 0. The molecular formula is C22H34O4. The van der Waals surface area contributed by atoms with Gasteiger partial charge in [-0.3, -0.25) is 0 Å². The molecule has 0 aliphatic carbocycles. The summed E-state index contributed by atoms with van der Waals surface area (Å²) in [5, 5.41) is 17.2. The van der Waals surface area contributed by atoms with Crippen molar-refractivity contribution in [3.05, 3.63) is 60.2 Å². The van der Waals surface area contributed by atoms with Crippen molar-refractivity contribution in [3.8, 4) is 0 Å². The Balaban J connectivity index is 0. The van der Waals surface area contributed by atoms with E-state index in [1.54, 1.807) is 6.92 Å². The van der Waals surface area contributed by atoms with Crippen molar-refractivity contribution in [1.82, 2.24) is 0 Å². The number of rotatable bonds is 8. The third-order valence-electron chi connectivity index (χ3n) is 3.28. The number of allylic oxidation sites excluding steroid dienone is 2. The fourth-order valence-electron chi connectivity index (χ4n) is 1.83. The van der Waals surface area contributed by atoms with Crippen molar-refractivity contribution in [3.63, 3.8) is 0 Å². The normalized spacial score (nSPS) is 9.27. The van der Waals surface area contributed by atoms with Crippen LogP contribution in [-0.4, -0.2) is 22.2 Å². The number of carboxylic acid groups (broad SMARTS) is 2. The number of benzene rings is 1. The number of hydrogen-bond donors (Lipinski definition) is 2. The van der Waals surface area contributed by atoms with Crippen LogP contribution >= 0.6 is 0 Å². The second-order valence-corrected chi connectivity index (χ2v) is 6.39. The molecule has 0 radical (unpaired) electrons. The van der Waals surface area contributed by atoms with E-state index in [1.165, 1.54) is 37.8 Å².